The zero-order valence-corrected chi connectivity index (χ0v) is 10.6. The van der Waals surface area contributed by atoms with Crippen LogP contribution in [0.2, 0.25) is 5.15 Å². The van der Waals surface area contributed by atoms with Crippen molar-refractivity contribution in [3.8, 4) is 0 Å². The van der Waals surface area contributed by atoms with Crippen molar-refractivity contribution in [3.63, 3.8) is 0 Å². The monoisotopic (exact) mass is 253 g/mol. The normalized spacial score (nSPS) is 10.8. The molecule has 0 unspecified atom stereocenters. The maximum absolute atomic E-state index is 5.95. The van der Waals surface area contributed by atoms with Gasteiger partial charge in [-0.05, 0) is 11.4 Å². The van der Waals surface area contributed by atoms with E-state index in [2.05, 4.69) is 15.3 Å². The molecule has 0 fully saturated rings. The molecule has 0 bridgehead atoms. The fourth-order valence-electron chi connectivity index (χ4n) is 1.24. The summed E-state index contributed by atoms with van der Waals surface area (Å²) >= 11 is 7.58. The molecule has 0 saturated carbocycles. The number of nitrogens with one attached hydrogen (secondary N) is 1. The van der Waals surface area contributed by atoms with Crippen molar-refractivity contribution >= 4 is 34.4 Å². The van der Waals surface area contributed by atoms with Crippen molar-refractivity contribution in [1.29, 1.82) is 0 Å². The average molecular weight is 254 g/mol. The average Bonchev–Trinajstić information content (AvgIpc) is 2.69. The molecule has 0 aliphatic carbocycles. The van der Waals surface area contributed by atoms with Gasteiger partial charge in [0.05, 0.1) is 5.69 Å². The van der Waals surface area contributed by atoms with E-state index in [0.717, 1.165) is 17.3 Å². The molecule has 2 rings (SSSR count). The van der Waals surface area contributed by atoms with Gasteiger partial charge in [0.1, 0.15) is 16.8 Å². The highest BCUT2D eigenvalue weighted by Gasteiger charge is 2.07. The number of thiophene rings is 1. The second-order valence-corrected chi connectivity index (χ2v) is 4.89. The molecule has 0 saturated heterocycles. The fourth-order valence-corrected chi connectivity index (χ4v) is 2.02. The predicted molar refractivity (Wildman–Crippen MR) is 68.7 cm³/mol. The van der Waals surface area contributed by atoms with Gasteiger partial charge in [-0.25, -0.2) is 9.97 Å². The van der Waals surface area contributed by atoms with Crippen LogP contribution in [0.25, 0.3) is 0 Å². The molecule has 0 aromatic carbocycles. The highest BCUT2D eigenvalue weighted by Crippen LogP contribution is 2.21. The van der Waals surface area contributed by atoms with Crippen LogP contribution in [-0.4, -0.2) is 9.97 Å². The zero-order valence-electron chi connectivity index (χ0n) is 9.07. The summed E-state index contributed by atoms with van der Waals surface area (Å²) in [5.41, 5.74) is 1.02. The van der Waals surface area contributed by atoms with E-state index in [1.165, 1.54) is 0 Å². The van der Waals surface area contributed by atoms with Crippen molar-refractivity contribution in [2.75, 3.05) is 5.32 Å². The predicted octanol–water partition coefficient (Wildman–Crippen LogP) is 4.06. The van der Waals surface area contributed by atoms with Gasteiger partial charge in [-0.2, -0.15) is 11.3 Å². The number of hydrogen-bond donors (Lipinski definition) is 1. The van der Waals surface area contributed by atoms with Crippen molar-refractivity contribution in [2.45, 2.75) is 19.8 Å². The maximum atomic E-state index is 5.95. The minimum atomic E-state index is 0.265. The van der Waals surface area contributed by atoms with Gasteiger partial charge in [0.15, 0.2) is 0 Å². The van der Waals surface area contributed by atoms with Gasteiger partial charge in [0.25, 0.3) is 0 Å². The Kier molecular flexibility index (Phi) is 3.41. The second-order valence-electron chi connectivity index (χ2n) is 3.73. The van der Waals surface area contributed by atoms with Crippen LogP contribution in [0.4, 0.5) is 11.5 Å². The van der Waals surface area contributed by atoms with Crippen LogP contribution >= 0.6 is 22.9 Å². The summed E-state index contributed by atoms with van der Waals surface area (Å²) in [4.78, 5) is 8.59. The Hall–Kier alpha value is -1.13. The Balaban J connectivity index is 2.27. The van der Waals surface area contributed by atoms with Crippen LogP contribution in [-0.2, 0) is 0 Å². The molecule has 5 heteroatoms. The van der Waals surface area contributed by atoms with Crippen molar-refractivity contribution in [1.82, 2.24) is 9.97 Å². The second kappa shape index (κ2) is 4.80. The number of nitrogens with zero attached hydrogens (tertiary/aromatic N) is 2. The quantitative estimate of drug-likeness (QED) is 0.839. The fraction of sp³-hybridized carbons (Fsp3) is 0.273. The number of anilines is 2. The van der Waals surface area contributed by atoms with Crippen molar-refractivity contribution in [2.24, 2.45) is 0 Å². The van der Waals surface area contributed by atoms with Crippen LogP contribution in [0.3, 0.4) is 0 Å². The number of rotatable bonds is 3. The third-order valence-electron chi connectivity index (χ3n) is 2.02. The Bertz CT molecular complexity index is 468. The maximum Gasteiger partial charge on any atom is 0.135 e. The third-order valence-corrected chi connectivity index (χ3v) is 2.90. The van der Waals surface area contributed by atoms with E-state index in [-0.39, 0.29) is 5.92 Å². The van der Waals surface area contributed by atoms with Crippen molar-refractivity contribution < 1.29 is 0 Å². The topological polar surface area (TPSA) is 37.8 Å². The molecule has 0 aliphatic rings. The lowest BCUT2D eigenvalue weighted by Gasteiger charge is -2.08. The first-order valence-electron chi connectivity index (χ1n) is 4.99. The molecule has 0 atom stereocenters. The largest absolute Gasteiger partial charge is 0.339 e. The Morgan fingerprint density at radius 2 is 2.19 bits per heavy atom. The molecule has 0 spiro atoms. The minimum Gasteiger partial charge on any atom is -0.339 e. The SMILES string of the molecule is CC(C)c1nc(Cl)cc(Nc2ccsc2)n1. The molecule has 84 valence electrons. The summed E-state index contributed by atoms with van der Waals surface area (Å²) in [5.74, 6) is 1.76. The van der Waals surface area contributed by atoms with Gasteiger partial charge in [0.2, 0.25) is 0 Å². The van der Waals surface area contributed by atoms with Gasteiger partial charge in [-0.3, -0.25) is 0 Å². The van der Waals surface area contributed by atoms with E-state index in [9.17, 15) is 0 Å². The van der Waals surface area contributed by atoms with E-state index in [4.69, 9.17) is 11.6 Å². The number of halogens is 1. The molecule has 2 heterocycles. The molecule has 3 nitrogen and oxygen atoms in total. The molecule has 0 aliphatic heterocycles. The summed E-state index contributed by atoms with van der Waals surface area (Å²) in [7, 11) is 0. The van der Waals surface area contributed by atoms with Crippen LogP contribution in [0.15, 0.2) is 22.9 Å². The molecule has 2 aromatic heterocycles. The zero-order chi connectivity index (χ0) is 11.5. The van der Waals surface area contributed by atoms with E-state index < -0.39 is 0 Å². The lowest BCUT2D eigenvalue weighted by atomic mass is 10.2. The number of hydrogen-bond acceptors (Lipinski definition) is 4. The molecule has 16 heavy (non-hydrogen) atoms. The Morgan fingerprint density at radius 3 is 2.81 bits per heavy atom. The van der Waals surface area contributed by atoms with Gasteiger partial charge < -0.3 is 5.32 Å². The summed E-state index contributed by atoms with van der Waals surface area (Å²) < 4.78 is 0. The Morgan fingerprint density at radius 1 is 1.38 bits per heavy atom. The molecule has 2 aromatic rings. The Labute approximate surface area is 104 Å². The first-order valence-corrected chi connectivity index (χ1v) is 6.31. The third kappa shape index (κ3) is 2.71. The number of aromatic nitrogens is 2. The van der Waals surface area contributed by atoms with Gasteiger partial charge >= 0.3 is 0 Å². The minimum absolute atomic E-state index is 0.265. The van der Waals surface area contributed by atoms with E-state index >= 15 is 0 Å². The summed E-state index contributed by atoms with van der Waals surface area (Å²) in [6.45, 7) is 4.08. The smallest absolute Gasteiger partial charge is 0.135 e. The standard InChI is InChI=1S/C11H12ClN3S/c1-7(2)11-14-9(12)5-10(15-11)13-8-3-4-16-6-8/h3-7H,1-2H3,(H,13,14,15). The molecule has 0 radical (unpaired) electrons. The van der Waals surface area contributed by atoms with Gasteiger partial charge in [0, 0.05) is 17.4 Å². The molecule has 1 N–H and O–H groups in total. The van der Waals surface area contributed by atoms with Crippen LogP contribution < -0.4 is 5.32 Å². The molecule has 0 amide bonds. The summed E-state index contributed by atoms with van der Waals surface area (Å²) in [6, 6.07) is 3.72. The lowest BCUT2D eigenvalue weighted by molar-refractivity contribution is 0.776. The van der Waals surface area contributed by atoms with Gasteiger partial charge in [-0.1, -0.05) is 25.4 Å². The van der Waals surface area contributed by atoms with Crippen LogP contribution in [0.1, 0.15) is 25.6 Å². The molecular weight excluding hydrogens is 242 g/mol. The lowest BCUT2D eigenvalue weighted by Crippen LogP contribution is -2.01. The van der Waals surface area contributed by atoms with Gasteiger partial charge in [-0.15, -0.1) is 0 Å². The highest BCUT2D eigenvalue weighted by molar-refractivity contribution is 7.08. The van der Waals surface area contributed by atoms with E-state index in [1.807, 2.05) is 30.7 Å². The van der Waals surface area contributed by atoms with Crippen LogP contribution in [0.5, 0.6) is 0 Å². The first kappa shape index (κ1) is 11.4. The van der Waals surface area contributed by atoms with E-state index in [0.29, 0.717) is 5.15 Å². The van der Waals surface area contributed by atoms with E-state index in [1.54, 1.807) is 17.4 Å². The van der Waals surface area contributed by atoms with Crippen LogP contribution in [0, 0.1) is 0 Å². The summed E-state index contributed by atoms with van der Waals surface area (Å²) in [6.07, 6.45) is 0. The molecular formula is C11H12ClN3S. The first-order chi connectivity index (χ1) is 7.65. The summed E-state index contributed by atoms with van der Waals surface area (Å²) in [5, 5.41) is 7.69. The van der Waals surface area contributed by atoms with Crippen molar-refractivity contribution in [3.05, 3.63) is 33.9 Å². The highest BCUT2D eigenvalue weighted by atomic mass is 35.5.